The largest absolute Gasteiger partial charge is 0.480 e. The van der Waals surface area contributed by atoms with Crippen molar-refractivity contribution in [1.29, 1.82) is 0 Å². The first-order valence-corrected chi connectivity index (χ1v) is 4.30. The predicted molar refractivity (Wildman–Crippen MR) is 45.9 cm³/mol. The quantitative estimate of drug-likeness (QED) is 0.530. The molecular formula is C8H14N2O3. The van der Waals surface area contributed by atoms with E-state index in [-0.39, 0.29) is 5.92 Å². The SMILES string of the molecule is CC(NC(C(=O)O)C1CC1)C(N)=O. The lowest BCUT2D eigenvalue weighted by Gasteiger charge is -2.16. The fourth-order valence-electron chi connectivity index (χ4n) is 1.19. The summed E-state index contributed by atoms with van der Waals surface area (Å²) in [5.74, 6) is -1.26. The Balaban J connectivity index is 2.47. The summed E-state index contributed by atoms with van der Waals surface area (Å²) in [6.07, 6.45) is 1.82. The van der Waals surface area contributed by atoms with Crippen LogP contribution in [-0.4, -0.2) is 29.1 Å². The highest BCUT2D eigenvalue weighted by Crippen LogP contribution is 2.32. The van der Waals surface area contributed by atoms with E-state index in [1.807, 2.05) is 0 Å². The Labute approximate surface area is 76.3 Å². The number of primary amides is 1. The summed E-state index contributed by atoms with van der Waals surface area (Å²) >= 11 is 0. The Morgan fingerprint density at radius 2 is 2.08 bits per heavy atom. The van der Waals surface area contributed by atoms with E-state index in [0.717, 1.165) is 12.8 Å². The number of amides is 1. The summed E-state index contributed by atoms with van der Waals surface area (Å²) in [4.78, 5) is 21.4. The second-order valence-electron chi connectivity index (χ2n) is 3.44. The van der Waals surface area contributed by atoms with Crippen molar-refractivity contribution in [3.63, 3.8) is 0 Å². The number of aliphatic carboxylic acids is 1. The fraction of sp³-hybridized carbons (Fsp3) is 0.750. The van der Waals surface area contributed by atoms with Gasteiger partial charge in [0.25, 0.3) is 0 Å². The molecule has 5 heteroatoms. The number of hydrogen-bond donors (Lipinski definition) is 3. The normalized spacial score (nSPS) is 20.7. The van der Waals surface area contributed by atoms with E-state index in [2.05, 4.69) is 5.32 Å². The molecule has 0 radical (unpaired) electrons. The minimum atomic E-state index is -0.907. The van der Waals surface area contributed by atoms with Crippen molar-refractivity contribution < 1.29 is 14.7 Å². The number of nitrogens with two attached hydrogens (primary N) is 1. The third kappa shape index (κ3) is 2.69. The number of carbonyl (C=O) groups is 2. The number of carboxylic acid groups (broad SMARTS) is 1. The molecule has 13 heavy (non-hydrogen) atoms. The van der Waals surface area contributed by atoms with Crippen molar-refractivity contribution in [3.05, 3.63) is 0 Å². The first-order valence-electron chi connectivity index (χ1n) is 4.30. The van der Waals surface area contributed by atoms with Crippen molar-refractivity contribution in [2.75, 3.05) is 0 Å². The van der Waals surface area contributed by atoms with Gasteiger partial charge in [0.1, 0.15) is 6.04 Å². The summed E-state index contributed by atoms with van der Waals surface area (Å²) in [5.41, 5.74) is 5.01. The lowest BCUT2D eigenvalue weighted by Crippen LogP contribution is -2.48. The number of nitrogens with one attached hydrogen (secondary N) is 1. The van der Waals surface area contributed by atoms with E-state index in [4.69, 9.17) is 10.8 Å². The summed E-state index contributed by atoms with van der Waals surface area (Å²) in [7, 11) is 0. The highest BCUT2D eigenvalue weighted by Gasteiger charge is 2.37. The molecule has 1 rings (SSSR count). The molecule has 1 aliphatic rings. The Bertz CT molecular complexity index is 225. The van der Waals surface area contributed by atoms with Gasteiger partial charge in [0.15, 0.2) is 0 Å². The van der Waals surface area contributed by atoms with E-state index in [9.17, 15) is 9.59 Å². The molecule has 2 atom stereocenters. The zero-order valence-electron chi connectivity index (χ0n) is 7.49. The van der Waals surface area contributed by atoms with Crippen molar-refractivity contribution in [3.8, 4) is 0 Å². The molecule has 0 aromatic rings. The minimum Gasteiger partial charge on any atom is -0.480 e. The molecule has 1 amide bonds. The molecule has 0 heterocycles. The second-order valence-corrected chi connectivity index (χ2v) is 3.44. The smallest absolute Gasteiger partial charge is 0.321 e. The summed E-state index contributed by atoms with van der Waals surface area (Å²) in [6, 6.07) is -1.20. The summed E-state index contributed by atoms with van der Waals surface area (Å²) in [5, 5.41) is 11.5. The van der Waals surface area contributed by atoms with Gasteiger partial charge in [-0.05, 0) is 25.7 Å². The van der Waals surface area contributed by atoms with Crippen LogP contribution in [0.15, 0.2) is 0 Å². The molecule has 2 unspecified atom stereocenters. The Morgan fingerprint density at radius 1 is 1.54 bits per heavy atom. The minimum absolute atomic E-state index is 0.166. The maximum absolute atomic E-state index is 10.7. The van der Waals surface area contributed by atoms with Crippen LogP contribution in [0.5, 0.6) is 0 Å². The highest BCUT2D eigenvalue weighted by atomic mass is 16.4. The average Bonchev–Trinajstić information content (AvgIpc) is 2.81. The molecule has 0 saturated heterocycles. The van der Waals surface area contributed by atoms with E-state index in [0.29, 0.717) is 0 Å². The molecule has 0 bridgehead atoms. The van der Waals surface area contributed by atoms with Crippen molar-refractivity contribution >= 4 is 11.9 Å². The Morgan fingerprint density at radius 3 is 2.38 bits per heavy atom. The Kier molecular flexibility index (Phi) is 2.87. The van der Waals surface area contributed by atoms with Gasteiger partial charge < -0.3 is 10.8 Å². The van der Waals surface area contributed by atoms with Crippen LogP contribution >= 0.6 is 0 Å². The molecule has 1 aliphatic carbocycles. The molecule has 1 fully saturated rings. The molecule has 4 N–H and O–H groups in total. The van der Waals surface area contributed by atoms with Crippen LogP contribution in [0.3, 0.4) is 0 Å². The lowest BCUT2D eigenvalue weighted by molar-refractivity contribution is -0.140. The van der Waals surface area contributed by atoms with Gasteiger partial charge in [-0.15, -0.1) is 0 Å². The third-order valence-corrected chi connectivity index (χ3v) is 2.22. The lowest BCUT2D eigenvalue weighted by atomic mass is 10.1. The molecule has 0 aliphatic heterocycles. The maximum Gasteiger partial charge on any atom is 0.321 e. The monoisotopic (exact) mass is 186 g/mol. The van der Waals surface area contributed by atoms with Crippen LogP contribution in [0.4, 0.5) is 0 Å². The fourth-order valence-corrected chi connectivity index (χ4v) is 1.19. The zero-order chi connectivity index (χ0) is 10.0. The van der Waals surface area contributed by atoms with Crippen LogP contribution < -0.4 is 11.1 Å². The number of carbonyl (C=O) groups excluding carboxylic acids is 1. The molecule has 0 aromatic carbocycles. The number of carboxylic acids is 1. The van der Waals surface area contributed by atoms with Gasteiger partial charge in [0.05, 0.1) is 6.04 Å². The number of hydrogen-bond acceptors (Lipinski definition) is 3. The van der Waals surface area contributed by atoms with Gasteiger partial charge in [-0.1, -0.05) is 0 Å². The van der Waals surface area contributed by atoms with E-state index >= 15 is 0 Å². The van der Waals surface area contributed by atoms with Gasteiger partial charge in [0, 0.05) is 0 Å². The second kappa shape index (κ2) is 3.74. The predicted octanol–water partition coefficient (Wildman–Crippen LogP) is -0.687. The standard InChI is InChI=1S/C8H14N2O3/c1-4(7(9)11)10-6(8(12)13)5-2-3-5/h4-6,10H,2-3H2,1H3,(H2,9,11)(H,12,13). The highest BCUT2D eigenvalue weighted by molar-refractivity contribution is 5.81. The van der Waals surface area contributed by atoms with Crippen LogP contribution in [0.2, 0.25) is 0 Å². The molecule has 5 nitrogen and oxygen atoms in total. The van der Waals surface area contributed by atoms with Crippen LogP contribution in [0.1, 0.15) is 19.8 Å². The van der Waals surface area contributed by atoms with Crippen molar-refractivity contribution in [1.82, 2.24) is 5.32 Å². The van der Waals surface area contributed by atoms with E-state index < -0.39 is 24.0 Å². The van der Waals surface area contributed by atoms with Crippen molar-refractivity contribution in [2.45, 2.75) is 31.8 Å². The zero-order valence-corrected chi connectivity index (χ0v) is 7.49. The molecule has 74 valence electrons. The van der Waals surface area contributed by atoms with Crippen LogP contribution in [0, 0.1) is 5.92 Å². The van der Waals surface area contributed by atoms with Gasteiger partial charge in [-0.25, -0.2) is 0 Å². The van der Waals surface area contributed by atoms with Gasteiger partial charge in [-0.2, -0.15) is 0 Å². The van der Waals surface area contributed by atoms with E-state index in [1.165, 1.54) is 0 Å². The van der Waals surface area contributed by atoms with Gasteiger partial charge >= 0.3 is 5.97 Å². The average molecular weight is 186 g/mol. The molecule has 1 saturated carbocycles. The van der Waals surface area contributed by atoms with Crippen LogP contribution in [-0.2, 0) is 9.59 Å². The first kappa shape index (κ1) is 9.98. The Hall–Kier alpha value is -1.10. The maximum atomic E-state index is 10.7. The van der Waals surface area contributed by atoms with Crippen LogP contribution in [0.25, 0.3) is 0 Å². The number of rotatable bonds is 5. The van der Waals surface area contributed by atoms with E-state index in [1.54, 1.807) is 6.92 Å². The summed E-state index contributed by atoms with van der Waals surface area (Å²) < 4.78 is 0. The van der Waals surface area contributed by atoms with Crippen molar-refractivity contribution in [2.24, 2.45) is 11.7 Å². The van der Waals surface area contributed by atoms with Gasteiger partial charge in [0.2, 0.25) is 5.91 Å². The first-order chi connectivity index (χ1) is 6.02. The molecule has 0 aromatic heterocycles. The van der Waals surface area contributed by atoms with Gasteiger partial charge in [-0.3, -0.25) is 14.9 Å². The third-order valence-electron chi connectivity index (χ3n) is 2.22. The topological polar surface area (TPSA) is 92.4 Å². The summed E-state index contributed by atoms with van der Waals surface area (Å²) in [6.45, 7) is 1.57. The molecule has 0 spiro atoms. The molecular weight excluding hydrogens is 172 g/mol.